The number of ether oxygens (including phenoxy) is 1. The van der Waals surface area contributed by atoms with Crippen LogP contribution >= 0.6 is 0 Å². The summed E-state index contributed by atoms with van der Waals surface area (Å²) in [5, 5.41) is 4.18. The summed E-state index contributed by atoms with van der Waals surface area (Å²) in [5.74, 6) is -0.825. The van der Waals surface area contributed by atoms with Gasteiger partial charge in [-0.3, -0.25) is 9.69 Å². The van der Waals surface area contributed by atoms with E-state index in [1.165, 1.54) is 17.7 Å². The Bertz CT molecular complexity index is 755. The predicted molar refractivity (Wildman–Crippen MR) is 98.4 cm³/mol. The molecule has 0 radical (unpaired) electrons. The van der Waals surface area contributed by atoms with E-state index in [0.717, 1.165) is 38.2 Å². The van der Waals surface area contributed by atoms with E-state index in [1.54, 1.807) is 12.1 Å². The van der Waals surface area contributed by atoms with Gasteiger partial charge < -0.3 is 4.74 Å². The molecule has 2 aromatic carbocycles. The van der Waals surface area contributed by atoms with Gasteiger partial charge in [0.1, 0.15) is 0 Å². The molecule has 5 nitrogen and oxygen atoms in total. The number of hydrazone groups is 1. The first-order valence-corrected chi connectivity index (χ1v) is 8.68. The van der Waals surface area contributed by atoms with Crippen LogP contribution in [-0.2, 0) is 11.3 Å². The van der Waals surface area contributed by atoms with Crippen molar-refractivity contribution in [3.05, 3.63) is 66.0 Å². The van der Waals surface area contributed by atoms with Crippen LogP contribution in [0.5, 0.6) is 5.75 Å². The number of nitrogens with one attached hydrogen (secondary N) is 1. The van der Waals surface area contributed by atoms with Crippen molar-refractivity contribution in [2.45, 2.75) is 19.4 Å². The Morgan fingerprint density at radius 1 is 1.08 bits per heavy atom. The number of piperidine rings is 1. The Labute approximate surface area is 152 Å². The van der Waals surface area contributed by atoms with Gasteiger partial charge in [0, 0.05) is 38.2 Å². The van der Waals surface area contributed by atoms with Gasteiger partial charge in [-0.25, -0.2) is 9.82 Å². The van der Waals surface area contributed by atoms with E-state index in [0.29, 0.717) is 0 Å². The maximum Gasteiger partial charge on any atom is 0.277 e. The Morgan fingerprint density at radius 2 is 1.77 bits per heavy atom. The van der Waals surface area contributed by atoms with Crippen LogP contribution in [0.4, 0.5) is 4.39 Å². The number of amides is 1. The second kappa shape index (κ2) is 9.10. The number of carbonyl (C=O) groups is 1. The summed E-state index contributed by atoms with van der Waals surface area (Å²) < 4.78 is 18.6. The van der Waals surface area contributed by atoms with Crippen molar-refractivity contribution in [2.24, 2.45) is 5.10 Å². The van der Waals surface area contributed by atoms with Gasteiger partial charge in [0.2, 0.25) is 0 Å². The minimum absolute atomic E-state index is 0.0597. The molecule has 1 aliphatic heterocycles. The zero-order valence-electron chi connectivity index (χ0n) is 14.5. The third-order valence-electron chi connectivity index (χ3n) is 4.22. The van der Waals surface area contributed by atoms with Crippen molar-refractivity contribution < 1.29 is 13.9 Å². The van der Waals surface area contributed by atoms with Crippen LogP contribution in [-0.4, -0.2) is 36.2 Å². The van der Waals surface area contributed by atoms with Crippen LogP contribution in [0.25, 0.3) is 0 Å². The molecule has 0 spiro atoms. The van der Waals surface area contributed by atoms with Crippen LogP contribution in [0.2, 0.25) is 0 Å². The first kappa shape index (κ1) is 18.1. The molecule has 1 fully saturated rings. The minimum Gasteiger partial charge on any atom is -0.481 e. The van der Waals surface area contributed by atoms with Crippen molar-refractivity contribution in [2.75, 3.05) is 19.7 Å². The number of para-hydroxylation sites is 1. The standard InChI is InChI=1S/C20H22FN3O2/c21-18-8-4-5-9-19(18)26-15-20(25)23-22-17-10-12-24(13-11-17)14-16-6-2-1-3-7-16/h1-9H,10-15H2,(H,23,25). The molecule has 1 saturated heterocycles. The highest BCUT2D eigenvalue weighted by atomic mass is 19.1. The number of likely N-dealkylation sites (tertiary alicyclic amines) is 1. The molecule has 0 aliphatic carbocycles. The molecule has 0 unspecified atom stereocenters. The molecule has 0 atom stereocenters. The molecule has 0 aromatic heterocycles. The monoisotopic (exact) mass is 355 g/mol. The van der Waals surface area contributed by atoms with Gasteiger partial charge in [0.05, 0.1) is 0 Å². The van der Waals surface area contributed by atoms with E-state index in [-0.39, 0.29) is 12.4 Å². The lowest BCUT2D eigenvalue weighted by atomic mass is 10.1. The van der Waals surface area contributed by atoms with E-state index in [9.17, 15) is 9.18 Å². The fourth-order valence-electron chi connectivity index (χ4n) is 2.80. The number of benzene rings is 2. The third kappa shape index (κ3) is 5.39. The fourth-order valence-corrected chi connectivity index (χ4v) is 2.80. The van der Waals surface area contributed by atoms with E-state index in [2.05, 4.69) is 27.6 Å². The van der Waals surface area contributed by atoms with E-state index >= 15 is 0 Å². The molecule has 3 rings (SSSR count). The summed E-state index contributed by atoms with van der Waals surface area (Å²) in [5.41, 5.74) is 4.75. The van der Waals surface area contributed by atoms with Crippen LogP contribution in [0, 0.1) is 5.82 Å². The highest BCUT2D eigenvalue weighted by Crippen LogP contribution is 2.15. The Morgan fingerprint density at radius 3 is 2.50 bits per heavy atom. The highest BCUT2D eigenvalue weighted by Gasteiger charge is 2.15. The molecule has 1 N–H and O–H groups in total. The second-order valence-corrected chi connectivity index (χ2v) is 6.19. The van der Waals surface area contributed by atoms with Gasteiger partial charge in [0.15, 0.2) is 18.2 Å². The van der Waals surface area contributed by atoms with E-state index in [4.69, 9.17) is 4.74 Å². The first-order chi connectivity index (χ1) is 12.7. The molecule has 1 amide bonds. The Hall–Kier alpha value is -2.73. The maximum atomic E-state index is 13.4. The van der Waals surface area contributed by atoms with Crippen molar-refractivity contribution in [1.29, 1.82) is 0 Å². The Balaban J connectivity index is 1.39. The summed E-state index contributed by atoms with van der Waals surface area (Å²) >= 11 is 0. The average molecular weight is 355 g/mol. The van der Waals surface area contributed by atoms with Gasteiger partial charge in [-0.05, 0) is 17.7 Å². The van der Waals surface area contributed by atoms with Gasteiger partial charge in [-0.2, -0.15) is 5.10 Å². The quantitative estimate of drug-likeness (QED) is 0.811. The van der Waals surface area contributed by atoms with Gasteiger partial charge in [0.25, 0.3) is 5.91 Å². The minimum atomic E-state index is -0.489. The maximum absolute atomic E-state index is 13.4. The van der Waals surface area contributed by atoms with Crippen molar-refractivity contribution >= 4 is 11.6 Å². The van der Waals surface area contributed by atoms with Gasteiger partial charge in [-0.1, -0.05) is 42.5 Å². The third-order valence-corrected chi connectivity index (χ3v) is 4.22. The first-order valence-electron chi connectivity index (χ1n) is 8.68. The lowest BCUT2D eigenvalue weighted by molar-refractivity contribution is -0.123. The Kier molecular flexibility index (Phi) is 6.33. The molecule has 136 valence electrons. The number of hydrogen-bond donors (Lipinski definition) is 1. The molecule has 0 bridgehead atoms. The SMILES string of the molecule is O=C(COc1ccccc1F)NN=C1CCN(Cc2ccccc2)CC1. The van der Waals surface area contributed by atoms with E-state index < -0.39 is 11.7 Å². The summed E-state index contributed by atoms with van der Waals surface area (Å²) in [4.78, 5) is 14.2. The number of nitrogens with zero attached hydrogens (tertiary/aromatic N) is 2. The molecule has 0 saturated carbocycles. The van der Waals surface area contributed by atoms with Crippen LogP contribution in [0.3, 0.4) is 0 Å². The largest absolute Gasteiger partial charge is 0.481 e. The van der Waals surface area contributed by atoms with Crippen LogP contribution < -0.4 is 10.2 Å². The zero-order valence-corrected chi connectivity index (χ0v) is 14.5. The molecular formula is C20H22FN3O2. The van der Waals surface area contributed by atoms with Crippen molar-refractivity contribution in [3.8, 4) is 5.75 Å². The number of rotatable bonds is 6. The summed E-state index contributed by atoms with van der Waals surface area (Å²) in [7, 11) is 0. The number of halogens is 1. The van der Waals surface area contributed by atoms with Gasteiger partial charge in [-0.15, -0.1) is 0 Å². The molecule has 26 heavy (non-hydrogen) atoms. The van der Waals surface area contributed by atoms with Crippen LogP contribution in [0.1, 0.15) is 18.4 Å². The molecule has 1 aliphatic rings. The summed E-state index contributed by atoms with van der Waals surface area (Å²) in [6.45, 7) is 2.49. The molecule has 1 heterocycles. The number of hydrogen-bond acceptors (Lipinski definition) is 4. The van der Waals surface area contributed by atoms with Crippen molar-refractivity contribution in [3.63, 3.8) is 0 Å². The molecule has 2 aromatic rings. The lowest BCUT2D eigenvalue weighted by Crippen LogP contribution is -2.35. The topological polar surface area (TPSA) is 53.9 Å². The summed E-state index contributed by atoms with van der Waals surface area (Å²) in [6.07, 6.45) is 1.64. The van der Waals surface area contributed by atoms with Gasteiger partial charge >= 0.3 is 0 Å². The van der Waals surface area contributed by atoms with E-state index in [1.807, 2.05) is 18.2 Å². The fraction of sp³-hybridized carbons (Fsp3) is 0.300. The number of carbonyl (C=O) groups excluding carboxylic acids is 1. The highest BCUT2D eigenvalue weighted by molar-refractivity contribution is 5.87. The average Bonchev–Trinajstić information content (AvgIpc) is 2.68. The second-order valence-electron chi connectivity index (χ2n) is 6.19. The lowest BCUT2D eigenvalue weighted by Gasteiger charge is -2.27. The molecule has 6 heteroatoms. The molecular weight excluding hydrogens is 333 g/mol. The predicted octanol–water partition coefficient (Wildman–Crippen LogP) is 2.97. The summed E-state index contributed by atoms with van der Waals surface area (Å²) in [6, 6.07) is 16.4. The normalized spacial score (nSPS) is 14.7. The zero-order chi connectivity index (χ0) is 18.2. The smallest absolute Gasteiger partial charge is 0.277 e. The van der Waals surface area contributed by atoms with Crippen molar-refractivity contribution in [1.82, 2.24) is 10.3 Å². The van der Waals surface area contributed by atoms with Crippen LogP contribution in [0.15, 0.2) is 59.7 Å².